The zero-order chi connectivity index (χ0) is 15.5. The number of halogens is 2. The third-order valence-electron chi connectivity index (χ3n) is 3.58. The quantitative estimate of drug-likeness (QED) is 0.724. The largest absolute Gasteiger partial charge is 0.277 e. The van der Waals surface area contributed by atoms with Crippen LogP contribution in [-0.2, 0) is 6.42 Å². The fraction of sp³-hybridized carbons (Fsp3) is 0.167. The first kappa shape index (κ1) is 14.4. The number of H-pyrrole nitrogens is 1. The van der Waals surface area contributed by atoms with Gasteiger partial charge in [-0.2, -0.15) is 5.10 Å². The minimum atomic E-state index is -0.262. The van der Waals surface area contributed by atoms with E-state index < -0.39 is 0 Å². The molecule has 112 valence electrons. The molecular weight excluding hydrogens is 282 g/mol. The van der Waals surface area contributed by atoms with Crippen LogP contribution >= 0.6 is 0 Å². The van der Waals surface area contributed by atoms with Gasteiger partial charge in [-0.05, 0) is 47.9 Å². The molecule has 2 nitrogen and oxygen atoms in total. The fourth-order valence-electron chi connectivity index (χ4n) is 2.44. The number of aromatic nitrogens is 2. The van der Waals surface area contributed by atoms with Crippen molar-refractivity contribution in [1.29, 1.82) is 0 Å². The van der Waals surface area contributed by atoms with Crippen LogP contribution in [0.25, 0.3) is 23.1 Å². The molecule has 0 saturated carbocycles. The van der Waals surface area contributed by atoms with Crippen LogP contribution in [0.15, 0.2) is 36.4 Å². The second kappa shape index (κ2) is 6.10. The highest BCUT2D eigenvalue weighted by Gasteiger charge is 2.08. The van der Waals surface area contributed by atoms with Crippen LogP contribution in [0.3, 0.4) is 0 Å². The Balaban J connectivity index is 1.96. The summed E-state index contributed by atoms with van der Waals surface area (Å²) in [6, 6.07) is 9.56. The topological polar surface area (TPSA) is 28.7 Å². The number of aromatic amines is 1. The van der Waals surface area contributed by atoms with Gasteiger partial charge in [0.15, 0.2) is 0 Å². The monoisotopic (exact) mass is 298 g/mol. The predicted molar refractivity (Wildman–Crippen MR) is 85.4 cm³/mol. The summed E-state index contributed by atoms with van der Waals surface area (Å²) in [6.07, 6.45) is 5.30. The zero-order valence-corrected chi connectivity index (χ0v) is 12.2. The minimum Gasteiger partial charge on any atom is -0.277 e. The summed E-state index contributed by atoms with van der Waals surface area (Å²) in [5.74, 6) is -0.464. The van der Waals surface area contributed by atoms with E-state index in [4.69, 9.17) is 0 Å². The van der Waals surface area contributed by atoms with E-state index in [0.29, 0.717) is 17.5 Å². The smallest absolute Gasteiger partial charge is 0.128 e. The Hall–Kier alpha value is -2.49. The number of hydrogen-bond donors (Lipinski definition) is 1. The van der Waals surface area contributed by atoms with E-state index in [1.807, 2.05) is 25.1 Å². The molecule has 0 fully saturated rings. The molecule has 0 unspecified atom stereocenters. The van der Waals surface area contributed by atoms with E-state index in [0.717, 1.165) is 23.1 Å². The van der Waals surface area contributed by atoms with E-state index >= 15 is 0 Å². The van der Waals surface area contributed by atoms with Crippen molar-refractivity contribution in [3.05, 3.63) is 64.9 Å². The van der Waals surface area contributed by atoms with Gasteiger partial charge in [-0.1, -0.05) is 31.6 Å². The average Bonchev–Trinajstić information content (AvgIpc) is 2.89. The summed E-state index contributed by atoms with van der Waals surface area (Å²) in [5.41, 5.74) is 3.01. The van der Waals surface area contributed by atoms with E-state index in [1.165, 1.54) is 18.2 Å². The van der Waals surface area contributed by atoms with Gasteiger partial charge >= 0.3 is 0 Å². The lowest BCUT2D eigenvalue weighted by Crippen LogP contribution is -1.89. The van der Waals surface area contributed by atoms with E-state index in [1.54, 1.807) is 12.1 Å². The minimum absolute atomic E-state index is 0.202. The summed E-state index contributed by atoms with van der Waals surface area (Å²) >= 11 is 0. The van der Waals surface area contributed by atoms with Crippen LogP contribution in [0.5, 0.6) is 0 Å². The van der Waals surface area contributed by atoms with Crippen molar-refractivity contribution in [2.75, 3.05) is 0 Å². The van der Waals surface area contributed by atoms with E-state index in [9.17, 15) is 8.78 Å². The van der Waals surface area contributed by atoms with Crippen LogP contribution in [0, 0.1) is 11.6 Å². The number of nitrogens with zero attached hydrogens (tertiary/aromatic N) is 1. The molecule has 3 aromatic rings. The number of nitrogens with one attached hydrogen (secondary N) is 1. The van der Waals surface area contributed by atoms with Gasteiger partial charge in [0.1, 0.15) is 11.6 Å². The molecule has 0 radical (unpaired) electrons. The summed E-state index contributed by atoms with van der Waals surface area (Å²) < 4.78 is 26.8. The molecule has 0 aliphatic rings. The van der Waals surface area contributed by atoms with Crippen molar-refractivity contribution in [2.45, 2.75) is 19.8 Å². The van der Waals surface area contributed by atoms with Crippen LogP contribution < -0.4 is 0 Å². The summed E-state index contributed by atoms with van der Waals surface area (Å²) in [5, 5.41) is 7.95. The van der Waals surface area contributed by atoms with Gasteiger partial charge in [0.2, 0.25) is 0 Å². The van der Waals surface area contributed by atoms with Crippen molar-refractivity contribution in [3.63, 3.8) is 0 Å². The number of benzene rings is 2. The van der Waals surface area contributed by atoms with Crippen molar-refractivity contribution >= 4 is 23.1 Å². The predicted octanol–water partition coefficient (Wildman–Crippen LogP) is 4.96. The molecule has 2 aromatic carbocycles. The lowest BCUT2D eigenvalue weighted by molar-refractivity contribution is 0.609. The number of hydrogen-bond acceptors (Lipinski definition) is 1. The molecule has 3 rings (SSSR count). The maximum atomic E-state index is 13.9. The molecule has 0 amide bonds. The molecule has 0 bridgehead atoms. The van der Waals surface area contributed by atoms with E-state index in [-0.39, 0.29) is 11.6 Å². The highest BCUT2D eigenvalue weighted by molar-refractivity contribution is 5.89. The number of aryl methyl sites for hydroxylation is 1. The molecule has 1 aromatic heterocycles. The average molecular weight is 298 g/mol. The zero-order valence-electron chi connectivity index (χ0n) is 12.2. The summed E-state index contributed by atoms with van der Waals surface area (Å²) in [4.78, 5) is 0. The Morgan fingerprint density at radius 1 is 1.09 bits per heavy atom. The van der Waals surface area contributed by atoms with Crippen molar-refractivity contribution in [2.24, 2.45) is 0 Å². The number of fused-ring (bicyclic) bond motifs is 1. The van der Waals surface area contributed by atoms with Gasteiger partial charge in [0.25, 0.3) is 0 Å². The number of rotatable bonds is 4. The van der Waals surface area contributed by atoms with Gasteiger partial charge in [-0.15, -0.1) is 0 Å². The highest BCUT2D eigenvalue weighted by Crippen LogP contribution is 2.23. The molecule has 4 heteroatoms. The van der Waals surface area contributed by atoms with Gasteiger partial charge in [0, 0.05) is 5.39 Å². The van der Waals surface area contributed by atoms with Crippen LogP contribution in [0.2, 0.25) is 0 Å². The second-order valence-electron chi connectivity index (χ2n) is 5.23. The first-order valence-corrected chi connectivity index (χ1v) is 7.27. The molecule has 1 heterocycles. The maximum absolute atomic E-state index is 13.9. The maximum Gasteiger partial charge on any atom is 0.128 e. The third-order valence-corrected chi connectivity index (χ3v) is 3.58. The summed E-state index contributed by atoms with van der Waals surface area (Å²) in [6.45, 7) is 2.02. The van der Waals surface area contributed by atoms with Gasteiger partial charge in [-0.3, -0.25) is 5.10 Å². The Labute approximate surface area is 127 Å². The SMILES string of the molecule is CCCc1cc2c(/C=C/c3ccc(F)cc3)n[nH]c2cc1F. The molecule has 0 saturated heterocycles. The van der Waals surface area contributed by atoms with Crippen LogP contribution in [0.4, 0.5) is 8.78 Å². The standard InChI is InChI=1S/C18H16F2N2/c1-2-3-13-10-15-17(21-22-18(15)11-16(13)20)9-6-12-4-7-14(19)8-5-12/h4-11H,2-3H2,1H3,(H,21,22)/b9-6+. The molecular formula is C18H16F2N2. The van der Waals surface area contributed by atoms with E-state index in [2.05, 4.69) is 10.2 Å². The Kier molecular flexibility index (Phi) is 4.00. The Bertz CT molecular complexity index is 817. The van der Waals surface area contributed by atoms with Crippen LogP contribution in [-0.4, -0.2) is 10.2 Å². The van der Waals surface area contributed by atoms with Crippen molar-refractivity contribution in [3.8, 4) is 0 Å². The Morgan fingerprint density at radius 2 is 1.86 bits per heavy atom. The molecule has 0 spiro atoms. The highest BCUT2D eigenvalue weighted by atomic mass is 19.1. The molecule has 1 N–H and O–H groups in total. The van der Waals surface area contributed by atoms with Gasteiger partial charge in [0.05, 0.1) is 11.2 Å². The normalized spacial score (nSPS) is 11.6. The fourth-order valence-corrected chi connectivity index (χ4v) is 2.44. The summed E-state index contributed by atoms with van der Waals surface area (Å²) in [7, 11) is 0. The molecule has 0 aliphatic carbocycles. The molecule has 0 aliphatic heterocycles. The van der Waals surface area contributed by atoms with Crippen LogP contribution in [0.1, 0.15) is 30.2 Å². The van der Waals surface area contributed by atoms with Crippen molar-refractivity contribution < 1.29 is 8.78 Å². The first-order chi connectivity index (χ1) is 10.7. The molecule has 22 heavy (non-hydrogen) atoms. The second-order valence-corrected chi connectivity index (χ2v) is 5.23. The van der Waals surface area contributed by atoms with Gasteiger partial charge < -0.3 is 0 Å². The Morgan fingerprint density at radius 3 is 2.59 bits per heavy atom. The third kappa shape index (κ3) is 2.91. The lowest BCUT2D eigenvalue weighted by atomic mass is 10.1. The van der Waals surface area contributed by atoms with Gasteiger partial charge in [-0.25, -0.2) is 8.78 Å². The first-order valence-electron chi connectivity index (χ1n) is 7.27. The lowest BCUT2D eigenvalue weighted by Gasteiger charge is -2.01. The van der Waals surface area contributed by atoms with Crippen molar-refractivity contribution in [1.82, 2.24) is 10.2 Å². The molecule has 0 atom stereocenters.